The Morgan fingerprint density at radius 2 is 1.78 bits per heavy atom. The van der Waals surface area contributed by atoms with Crippen LogP contribution in [0.2, 0.25) is 0 Å². The molecule has 0 aromatic heterocycles. The number of hydrogen-bond acceptors (Lipinski definition) is 4. The lowest BCUT2D eigenvalue weighted by atomic mass is 10.1. The summed E-state index contributed by atoms with van der Waals surface area (Å²) in [7, 11) is 0. The van der Waals surface area contributed by atoms with E-state index in [1.807, 2.05) is 19.9 Å². The molecular formula is C24H26N4O4. The first-order valence-electron chi connectivity index (χ1n) is 10.8. The molecule has 0 bridgehead atoms. The second-order valence-electron chi connectivity index (χ2n) is 8.37. The summed E-state index contributed by atoms with van der Waals surface area (Å²) in [6.07, 6.45) is 1.44. The summed E-state index contributed by atoms with van der Waals surface area (Å²) in [5, 5.41) is 5.62. The molecule has 2 aromatic carbocycles. The summed E-state index contributed by atoms with van der Waals surface area (Å²) in [5.41, 5.74) is 2.20. The topological polar surface area (TPSA) is 98.8 Å². The molecule has 4 amide bonds. The Labute approximate surface area is 186 Å². The highest BCUT2D eigenvalue weighted by Crippen LogP contribution is 2.30. The number of carbonyl (C=O) groups is 4. The Morgan fingerprint density at radius 1 is 1.06 bits per heavy atom. The molecular weight excluding hydrogens is 408 g/mol. The predicted molar refractivity (Wildman–Crippen MR) is 121 cm³/mol. The van der Waals surface area contributed by atoms with Crippen molar-refractivity contribution in [2.24, 2.45) is 5.92 Å². The van der Waals surface area contributed by atoms with Crippen molar-refractivity contribution in [3.8, 4) is 0 Å². The van der Waals surface area contributed by atoms with Gasteiger partial charge >= 0.3 is 0 Å². The van der Waals surface area contributed by atoms with Crippen LogP contribution < -0.4 is 15.5 Å². The molecule has 166 valence electrons. The van der Waals surface area contributed by atoms with Gasteiger partial charge < -0.3 is 15.5 Å². The summed E-state index contributed by atoms with van der Waals surface area (Å²) in [6, 6.07) is 13.2. The molecule has 1 fully saturated rings. The maximum absolute atomic E-state index is 13.0. The largest absolute Gasteiger partial charge is 0.330 e. The predicted octanol–water partition coefficient (Wildman–Crippen LogP) is 2.87. The lowest BCUT2D eigenvalue weighted by Gasteiger charge is -2.29. The number of likely N-dealkylation sites (tertiary alicyclic amines) is 1. The molecule has 1 unspecified atom stereocenters. The number of hydrogen-bond donors (Lipinski definition) is 2. The Balaban J connectivity index is 1.46. The minimum Gasteiger partial charge on any atom is -0.330 e. The summed E-state index contributed by atoms with van der Waals surface area (Å²) in [6.45, 7) is 4.19. The number of nitrogens with zero attached hydrogens (tertiary/aromatic N) is 2. The van der Waals surface area contributed by atoms with Crippen LogP contribution in [0.4, 0.5) is 17.1 Å². The molecule has 2 aliphatic rings. The van der Waals surface area contributed by atoms with Crippen molar-refractivity contribution in [1.82, 2.24) is 4.90 Å². The lowest BCUT2D eigenvalue weighted by Crippen LogP contribution is -2.44. The Morgan fingerprint density at radius 3 is 2.50 bits per heavy atom. The minimum atomic E-state index is -0.477. The number of carbonyl (C=O) groups excluding carboxylic acids is 4. The second kappa shape index (κ2) is 8.82. The van der Waals surface area contributed by atoms with E-state index in [1.54, 1.807) is 47.4 Å². The number of nitrogens with one attached hydrogen (secondary N) is 2. The van der Waals surface area contributed by atoms with Gasteiger partial charge in [0.1, 0.15) is 12.6 Å². The van der Waals surface area contributed by atoms with E-state index in [4.69, 9.17) is 0 Å². The van der Waals surface area contributed by atoms with Gasteiger partial charge in [-0.3, -0.25) is 24.1 Å². The van der Waals surface area contributed by atoms with Crippen LogP contribution in [-0.2, 0) is 14.4 Å². The highest BCUT2D eigenvalue weighted by molar-refractivity contribution is 6.15. The first-order chi connectivity index (χ1) is 15.3. The zero-order chi connectivity index (χ0) is 22.8. The van der Waals surface area contributed by atoms with E-state index >= 15 is 0 Å². The number of benzene rings is 2. The van der Waals surface area contributed by atoms with Crippen LogP contribution in [0, 0.1) is 5.92 Å². The van der Waals surface area contributed by atoms with Gasteiger partial charge in [-0.25, -0.2) is 0 Å². The number of para-hydroxylation sites is 2. The molecule has 32 heavy (non-hydrogen) atoms. The van der Waals surface area contributed by atoms with Gasteiger partial charge in [-0.05, 0) is 49.2 Å². The average Bonchev–Trinajstić information content (AvgIpc) is 3.28. The van der Waals surface area contributed by atoms with Gasteiger partial charge in [-0.2, -0.15) is 0 Å². The van der Waals surface area contributed by atoms with Crippen molar-refractivity contribution < 1.29 is 19.2 Å². The van der Waals surface area contributed by atoms with Gasteiger partial charge in [0.25, 0.3) is 5.91 Å². The van der Waals surface area contributed by atoms with Crippen LogP contribution in [0.25, 0.3) is 0 Å². The average molecular weight is 434 g/mol. The number of rotatable bonds is 4. The van der Waals surface area contributed by atoms with E-state index in [2.05, 4.69) is 10.6 Å². The summed E-state index contributed by atoms with van der Waals surface area (Å²) >= 11 is 0. The van der Waals surface area contributed by atoms with Gasteiger partial charge in [0.2, 0.25) is 17.7 Å². The summed E-state index contributed by atoms with van der Waals surface area (Å²) in [5.74, 6) is -0.949. The fourth-order valence-electron chi connectivity index (χ4n) is 4.13. The molecule has 0 spiro atoms. The fraction of sp³-hybridized carbons (Fsp3) is 0.333. The number of amides is 4. The molecule has 4 rings (SSSR count). The standard InChI is InChI=1S/C24H26N4O4/c1-15(2)23(31)27-13-5-8-20(27)22(30)25-17-11-9-16(10-12-17)24(32)28-14-21(29)26-18-6-3-4-7-19(18)28/h3-4,6-7,9-12,15,20H,5,8,13-14H2,1-2H3,(H,25,30)(H,26,29). The quantitative estimate of drug-likeness (QED) is 0.773. The third kappa shape index (κ3) is 4.21. The van der Waals surface area contributed by atoms with Crippen LogP contribution in [0.5, 0.6) is 0 Å². The molecule has 8 heteroatoms. The Bertz CT molecular complexity index is 1060. The van der Waals surface area contributed by atoms with E-state index in [0.29, 0.717) is 35.6 Å². The van der Waals surface area contributed by atoms with Gasteiger partial charge in [-0.1, -0.05) is 26.0 Å². The molecule has 8 nitrogen and oxygen atoms in total. The number of anilines is 3. The third-order valence-electron chi connectivity index (χ3n) is 5.75. The minimum absolute atomic E-state index is 0.0190. The van der Waals surface area contributed by atoms with Crippen LogP contribution in [-0.4, -0.2) is 47.7 Å². The summed E-state index contributed by atoms with van der Waals surface area (Å²) in [4.78, 5) is 53.3. The van der Waals surface area contributed by atoms with Crippen molar-refractivity contribution in [3.05, 3.63) is 54.1 Å². The lowest BCUT2D eigenvalue weighted by molar-refractivity contribution is -0.139. The van der Waals surface area contributed by atoms with Crippen LogP contribution in [0.3, 0.4) is 0 Å². The first kappa shape index (κ1) is 21.5. The van der Waals surface area contributed by atoms with Gasteiger partial charge in [0.15, 0.2) is 0 Å². The van der Waals surface area contributed by atoms with Gasteiger partial charge in [0.05, 0.1) is 11.4 Å². The monoisotopic (exact) mass is 434 g/mol. The maximum Gasteiger partial charge on any atom is 0.258 e. The molecule has 2 aliphatic heterocycles. The van der Waals surface area contributed by atoms with Crippen LogP contribution >= 0.6 is 0 Å². The molecule has 0 saturated carbocycles. The zero-order valence-corrected chi connectivity index (χ0v) is 18.1. The van der Waals surface area contributed by atoms with Crippen LogP contribution in [0.15, 0.2) is 48.5 Å². The SMILES string of the molecule is CC(C)C(=O)N1CCCC1C(=O)Nc1ccc(C(=O)N2CC(=O)Nc3ccccc32)cc1. The van der Waals surface area contributed by atoms with E-state index in [-0.39, 0.29) is 36.1 Å². The molecule has 0 radical (unpaired) electrons. The van der Waals surface area contributed by atoms with Crippen molar-refractivity contribution >= 4 is 40.7 Å². The smallest absolute Gasteiger partial charge is 0.258 e. The second-order valence-corrected chi connectivity index (χ2v) is 8.37. The Hall–Kier alpha value is -3.68. The van der Waals surface area contributed by atoms with Gasteiger partial charge in [-0.15, -0.1) is 0 Å². The van der Waals surface area contributed by atoms with Crippen molar-refractivity contribution in [2.45, 2.75) is 32.7 Å². The van der Waals surface area contributed by atoms with Gasteiger partial charge in [0, 0.05) is 23.7 Å². The third-order valence-corrected chi connectivity index (χ3v) is 5.75. The van der Waals surface area contributed by atoms with E-state index in [0.717, 1.165) is 6.42 Å². The van der Waals surface area contributed by atoms with E-state index in [9.17, 15) is 19.2 Å². The van der Waals surface area contributed by atoms with E-state index in [1.165, 1.54) is 4.90 Å². The molecule has 2 aromatic rings. The molecule has 2 N–H and O–H groups in total. The fourth-order valence-corrected chi connectivity index (χ4v) is 4.13. The highest BCUT2D eigenvalue weighted by atomic mass is 16.2. The van der Waals surface area contributed by atoms with Crippen molar-refractivity contribution in [3.63, 3.8) is 0 Å². The molecule has 0 aliphatic carbocycles. The maximum atomic E-state index is 13.0. The molecule has 1 saturated heterocycles. The van der Waals surface area contributed by atoms with Crippen LogP contribution in [0.1, 0.15) is 37.0 Å². The zero-order valence-electron chi connectivity index (χ0n) is 18.1. The summed E-state index contributed by atoms with van der Waals surface area (Å²) < 4.78 is 0. The highest BCUT2D eigenvalue weighted by Gasteiger charge is 2.35. The Kier molecular flexibility index (Phi) is 5.94. The number of fused-ring (bicyclic) bond motifs is 1. The first-order valence-corrected chi connectivity index (χ1v) is 10.8. The van der Waals surface area contributed by atoms with Crippen molar-refractivity contribution in [1.29, 1.82) is 0 Å². The van der Waals surface area contributed by atoms with Crippen molar-refractivity contribution in [2.75, 3.05) is 28.6 Å². The molecule has 2 heterocycles. The normalized spacial score (nSPS) is 17.7. The van der Waals surface area contributed by atoms with E-state index < -0.39 is 6.04 Å². The molecule has 1 atom stereocenters.